The van der Waals surface area contributed by atoms with Gasteiger partial charge >= 0.3 is 0 Å². The summed E-state index contributed by atoms with van der Waals surface area (Å²) >= 11 is 0. The molecule has 3 aromatic rings. The molecule has 1 saturated carbocycles. The molecule has 36 heavy (non-hydrogen) atoms. The summed E-state index contributed by atoms with van der Waals surface area (Å²) in [7, 11) is 1.81. The fourth-order valence-corrected chi connectivity index (χ4v) is 6.47. The van der Waals surface area contributed by atoms with Crippen LogP contribution in [0.15, 0.2) is 34.5 Å². The standard InChI is InChI=1S/C30H41N5O/c1-19(2)28-25-17-23(22-7-10-24(11-8-22)34-13-15-36-16-14-34)9-12-27(25)33-29(28)26-18-35(32-6)30(31-5)21(4)20(26)3/h9,12,17-19,22,24,33H,6-8,10-11,13-16H2,1-5H3. The summed E-state index contributed by atoms with van der Waals surface area (Å²) < 4.78 is 7.36. The van der Waals surface area contributed by atoms with Crippen molar-refractivity contribution < 1.29 is 4.74 Å². The molecule has 1 N–H and O–H groups in total. The second-order valence-corrected chi connectivity index (χ2v) is 10.9. The number of nitrogens with zero attached hydrogens (tertiary/aromatic N) is 4. The van der Waals surface area contributed by atoms with Crippen LogP contribution in [0, 0.1) is 13.8 Å². The third kappa shape index (κ3) is 4.46. The van der Waals surface area contributed by atoms with Crippen molar-refractivity contribution in [2.45, 2.75) is 71.3 Å². The van der Waals surface area contributed by atoms with Crippen LogP contribution in [0.5, 0.6) is 0 Å². The largest absolute Gasteiger partial charge is 0.379 e. The number of fused-ring (bicyclic) bond motifs is 1. The number of hydrogen-bond donors (Lipinski definition) is 1. The molecule has 2 aliphatic rings. The molecule has 1 aromatic carbocycles. The van der Waals surface area contributed by atoms with Crippen molar-refractivity contribution in [1.82, 2.24) is 14.6 Å². The minimum atomic E-state index is 0.390. The van der Waals surface area contributed by atoms with E-state index in [-0.39, 0.29) is 0 Å². The third-order valence-corrected chi connectivity index (χ3v) is 8.57. The van der Waals surface area contributed by atoms with Gasteiger partial charge in [0.15, 0.2) is 5.49 Å². The lowest BCUT2D eigenvalue weighted by molar-refractivity contribution is 0.00730. The Hall–Kier alpha value is -2.70. The van der Waals surface area contributed by atoms with Crippen LogP contribution in [0.1, 0.15) is 73.6 Å². The quantitative estimate of drug-likeness (QED) is 0.467. The molecule has 0 unspecified atom stereocenters. The lowest BCUT2D eigenvalue weighted by atomic mass is 9.80. The summed E-state index contributed by atoms with van der Waals surface area (Å²) in [5.74, 6) is 1.04. The summed E-state index contributed by atoms with van der Waals surface area (Å²) in [5.41, 5.74) is 9.65. The first kappa shape index (κ1) is 25.0. The zero-order valence-electron chi connectivity index (χ0n) is 22.6. The number of H-pyrrole nitrogens is 1. The van der Waals surface area contributed by atoms with Gasteiger partial charge in [0.2, 0.25) is 0 Å². The number of benzene rings is 1. The van der Waals surface area contributed by atoms with E-state index in [4.69, 9.17) is 4.74 Å². The van der Waals surface area contributed by atoms with Crippen molar-refractivity contribution >= 4 is 17.6 Å². The van der Waals surface area contributed by atoms with E-state index in [1.807, 2.05) is 7.05 Å². The van der Waals surface area contributed by atoms with E-state index in [2.05, 4.69) is 78.8 Å². The van der Waals surface area contributed by atoms with Crippen molar-refractivity contribution in [3.05, 3.63) is 52.1 Å². The van der Waals surface area contributed by atoms with Crippen LogP contribution < -0.4 is 5.49 Å². The van der Waals surface area contributed by atoms with Crippen molar-refractivity contribution in [3.8, 4) is 11.3 Å². The van der Waals surface area contributed by atoms with E-state index in [1.54, 1.807) is 4.68 Å². The van der Waals surface area contributed by atoms with Gasteiger partial charge in [-0.25, -0.2) is 4.68 Å². The van der Waals surface area contributed by atoms with E-state index >= 15 is 0 Å². The number of rotatable bonds is 5. The van der Waals surface area contributed by atoms with Gasteiger partial charge in [-0.1, -0.05) is 19.9 Å². The summed E-state index contributed by atoms with van der Waals surface area (Å²) in [6.07, 6.45) is 7.20. The maximum Gasteiger partial charge on any atom is 0.151 e. The van der Waals surface area contributed by atoms with Gasteiger partial charge in [0.05, 0.1) is 18.9 Å². The molecule has 6 nitrogen and oxygen atoms in total. The average molecular weight is 488 g/mol. The zero-order chi connectivity index (χ0) is 25.4. The zero-order valence-corrected chi connectivity index (χ0v) is 22.6. The summed E-state index contributed by atoms with van der Waals surface area (Å²) in [6, 6.07) is 7.86. The Kier molecular flexibility index (Phi) is 7.18. The second-order valence-electron chi connectivity index (χ2n) is 10.9. The first-order valence-electron chi connectivity index (χ1n) is 13.5. The van der Waals surface area contributed by atoms with Crippen LogP contribution in [0.25, 0.3) is 22.2 Å². The van der Waals surface area contributed by atoms with Crippen LogP contribution in [-0.2, 0) is 4.74 Å². The first-order valence-corrected chi connectivity index (χ1v) is 13.5. The van der Waals surface area contributed by atoms with E-state index in [0.717, 1.165) is 43.4 Å². The van der Waals surface area contributed by atoms with Gasteiger partial charge in [0.1, 0.15) is 0 Å². The predicted octanol–water partition coefficient (Wildman–Crippen LogP) is 5.73. The number of morpholine rings is 1. The van der Waals surface area contributed by atoms with Crippen LogP contribution in [0.2, 0.25) is 0 Å². The fraction of sp³-hybridized carbons (Fsp3) is 0.533. The second kappa shape index (κ2) is 10.3. The first-order chi connectivity index (χ1) is 17.4. The molecule has 0 radical (unpaired) electrons. The molecule has 0 bridgehead atoms. The van der Waals surface area contributed by atoms with E-state index < -0.39 is 0 Å². The summed E-state index contributed by atoms with van der Waals surface area (Å²) in [4.78, 5) is 10.9. The highest BCUT2D eigenvalue weighted by atomic mass is 16.5. The lowest BCUT2D eigenvalue weighted by Crippen LogP contribution is -2.44. The lowest BCUT2D eigenvalue weighted by Gasteiger charge is -2.38. The Morgan fingerprint density at radius 1 is 1.06 bits per heavy atom. The topological polar surface area (TPSA) is 57.9 Å². The molecule has 6 heteroatoms. The Bertz CT molecular complexity index is 1320. The average Bonchev–Trinajstić information content (AvgIpc) is 3.29. The molecule has 5 rings (SSSR count). The molecular weight excluding hydrogens is 446 g/mol. The smallest absolute Gasteiger partial charge is 0.151 e. The highest BCUT2D eigenvalue weighted by Crippen LogP contribution is 2.40. The van der Waals surface area contributed by atoms with Crippen molar-refractivity contribution in [2.24, 2.45) is 10.1 Å². The number of nitrogens with one attached hydrogen (secondary N) is 1. The van der Waals surface area contributed by atoms with Gasteiger partial charge in [-0.2, -0.15) is 5.10 Å². The molecule has 0 atom stereocenters. The molecule has 1 aliphatic heterocycles. The molecule has 3 heterocycles. The number of hydrogen-bond acceptors (Lipinski definition) is 4. The molecular formula is C30H41N5O. The molecule has 0 amide bonds. The number of aromatic amines is 1. The van der Waals surface area contributed by atoms with Crippen LogP contribution in [0.4, 0.5) is 0 Å². The van der Waals surface area contributed by atoms with Crippen LogP contribution in [-0.4, -0.2) is 60.7 Å². The molecule has 1 saturated heterocycles. The molecule has 2 fully saturated rings. The van der Waals surface area contributed by atoms with E-state index in [9.17, 15) is 0 Å². The monoisotopic (exact) mass is 487 g/mol. The minimum absolute atomic E-state index is 0.390. The van der Waals surface area contributed by atoms with Crippen molar-refractivity contribution in [2.75, 3.05) is 33.4 Å². The van der Waals surface area contributed by atoms with Gasteiger partial charge in [-0.05, 0) is 85.8 Å². The van der Waals surface area contributed by atoms with Crippen LogP contribution >= 0.6 is 0 Å². The Labute approximate surface area is 215 Å². The number of ether oxygens (including phenoxy) is 1. The fourth-order valence-electron chi connectivity index (χ4n) is 6.47. The molecule has 192 valence electrons. The number of aromatic nitrogens is 2. The molecule has 0 spiro atoms. The maximum atomic E-state index is 5.57. The van der Waals surface area contributed by atoms with Crippen LogP contribution in [0.3, 0.4) is 0 Å². The molecule has 1 aliphatic carbocycles. The predicted molar refractivity (Wildman–Crippen MR) is 149 cm³/mol. The SMILES string of the molecule is C=Nn1cc(-c2[nH]c3ccc(C4CCC(N5CCOCC5)CC4)cc3c2C(C)C)c(C)c(C)c1=NC. The van der Waals surface area contributed by atoms with Crippen molar-refractivity contribution in [3.63, 3.8) is 0 Å². The van der Waals surface area contributed by atoms with Gasteiger partial charge in [-0.3, -0.25) is 9.89 Å². The summed E-state index contributed by atoms with van der Waals surface area (Å²) in [5, 5.41) is 5.58. The Morgan fingerprint density at radius 2 is 1.78 bits per heavy atom. The molecule has 2 aromatic heterocycles. The number of pyridine rings is 1. The summed E-state index contributed by atoms with van der Waals surface area (Å²) in [6.45, 7) is 16.6. The van der Waals surface area contributed by atoms with E-state index in [1.165, 1.54) is 64.5 Å². The Balaban J connectivity index is 1.50. The maximum absolute atomic E-state index is 5.57. The Morgan fingerprint density at radius 3 is 2.42 bits per heavy atom. The van der Waals surface area contributed by atoms with Gasteiger partial charge in [0.25, 0.3) is 0 Å². The van der Waals surface area contributed by atoms with Gasteiger partial charge in [0, 0.05) is 55.6 Å². The van der Waals surface area contributed by atoms with Crippen molar-refractivity contribution in [1.29, 1.82) is 0 Å². The van der Waals surface area contributed by atoms with Gasteiger partial charge < -0.3 is 9.72 Å². The minimum Gasteiger partial charge on any atom is -0.379 e. The van der Waals surface area contributed by atoms with Gasteiger partial charge in [-0.15, -0.1) is 0 Å². The van der Waals surface area contributed by atoms with E-state index in [0.29, 0.717) is 11.8 Å². The normalized spacial score (nSPS) is 22.0. The third-order valence-electron chi connectivity index (χ3n) is 8.57. The highest BCUT2D eigenvalue weighted by molar-refractivity contribution is 5.92. The highest BCUT2D eigenvalue weighted by Gasteiger charge is 2.28.